The first-order valence-corrected chi connectivity index (χ1v) is 10.5. The van der Waals surface area contributed by atoms with Gasteiger partial charge in [-0.2, -0.15) is 16.9 Å². The Hall–Kier alpha value is -3.11. The van der Waals surface area contributed by atoms with Gasteiger partial charge < -0.3 is 19.8 Å². The summed E-state index contributed by atoms with van der Waals surface area (Å²) in [5.41, 5.74) is 1.27. The number of carbonyl (C=O) groups is 2. The van der Waals surface area contributed by atoms with Gasteiger partial charge in [-0.3, -0.25) is 9.59 Å². The highest BCUT2D eigenvalue weighted by atomic mass is 32.2. The predicted octanol–water partition coefficient (Wildman–Crippen LogP) is 1.75. The summed E-state index contributed by atoms with van der Waals surface area (Å²) in [7, 11) is 1.55. The number of fused-ring (bicyclic) bond motifs is 2. The molecule has 0 spiro atoms. The lowest BCUT2D eigenvalue weighted by atomic mass is 10.1. The van der Waals surface area contributed by atoms with Crippen LogP contribution in [-0.2, 0) is 27.6 Å². The second kappa shape index (κ2) is 8.72. The van der Waals surface area contributed by atoms with Crippen LogP contribution in [-0.4, -0.2) is 41.9 Å². The highest BCUT2D eigenvalue weighted by Gasteiger charge is 2.26. The lowest BCUT2D eigenvalue weighted by Gasteiger charge is -2.11. The first-order chi connectivity index (χ1) is 14.6. The first kappa shape index (κ1) is 20.2. The number of benzene rings is 1. The summed E-state index contributed by atoms with van der Waals surface area (Å²) in [6.45, 7) is 0.731. The lowest BCUT2D eigenvalue weighted by molar-refractivity contribution is -0.122. The summed E-state index contributed by atoms with van der Waals surface area (Å²) in [6, 6.07) is 8.48. The average molecular weight is 428 g/mol. The Kier molecular flexibility index (Phi) is 5.86. The van der Waals surface area contributed by atoms with E-state index in [4.69, 9.17) is 9.15 Å². The highest BCUT2D eigenvalue weighted by Crippen LogP contribution is 2.34. The zero-order valence-electron chi connectivity index (χ0n) is 16.3. The molecule has 0 unspecified atom stereocenters. The van der Waals surface area contributed by atoms with E-state index in [0.29, 0.717) is 41.4 Å². The van der Waals surface area contributed by atoms with E-state index in [9.17, 15) is 14.4 Å². The minimum absolute atomic E-state index is 0.0523. The molecule has 30 heavy (non-hydrogen) atoms. The fraction of sp³-hybridized carbons (Fsp3) is 0.300. The molecular weight excluding hydrogens is 408 g/mol. The van der Waals surface area contributed by atoms with Gasteiger partial charge >= 0.3 is 5.63 Å². The molecule has 10 heteroatoms. The molecule has 0 atom stereocenters. The van der Waals surface area contributed by atoms with Crippen LogP contribution < -0.4 is 16.3 Å². The van der Waals surface area contributed by atoms with Crippen molar-refractivity contribution in [2.45, 2.75) is 18.1 Å². The normalized spacial score (nSPS) is 12.7. The van der Waals surface area contributed by atoms with Gasteiger partial charge in [0, 0.05) is 36.1 Å². The molecule has 1 aliphatic rings. The molecule has 0 bridgehead atoms. The number of nitrogens with zero attached hydrogens (tertiary/aromatic N) is 2. The van der Waals surface area contributed by atoms with Crippen LogP contribution in [0.2, 0.25) is 0 Å². The van der Waals surface area contributed by atoms with Gasteiger partial charge in [0.2, 0.25) is 5.91 Å². The summed E-state index contributed by atoms with van der Waals surface area (Å²) < 4.78 is 11.6. The van der Waals surface area contributed by atoms with Crippen LogP contribution in [0.25, 0.3) is 11.0 Å². The molecule has 9 nitrogen and oxygen atoms in total. The van der Waals surface area contributed by atoms with Gasteiger partial charge in [-0.15, -0.1) is 0 Å². The molecule has 3 heterocycles. The molecule has 3 aromatic rings. The maximum absolute atomic E-state index is 12.9. The largest absolute Gasteiger partial charge is 0.422 e. The lowest BCUT2D eigenvalue weighted by Crippen LogP contribution is -2.31. The van der Waals surface area contributed by atoms with E-state index in [0.717, 1.165) is 11.3 Å². The summed E-state index contributed by atoms with van der Waals surface area (Å²) >= 11 is 1.67. The Labute approximate surface area is 175 Å². The van der Waals surface area contributed by atoms with Crippen molar-refractivity contribution in [2.24, 2.45) is 0 Å². The second-order valence-corrected chi connectivity index (χ2v) is 7.69. The van der Waals surface area contributed by atoms with Gasteiger partial charge in [-0.1, -0.05) is 18.2 Å². The highest BCUT2D eigenvalue weighted by molar-refractivity contribution is 7.98. The van der Waals surface area contributed by atoms with Gasteiger partial charge in [-0.05, 0) is 12.1 Å². The number of hydrogen-bond acceptors (Lipinski definition) is 7. The molecule has 0 radical (unpaired) electrons. The molecule has 2 amide bonds. The van der Waals surface area contributed by atoms with Crippen LogP contribution in [0.4, 0.5) is 5.82 Å². The molecule has 0 aliphatic carbocycles. The molecule has 0 saturated carbocycles. The number of thioether (sulfide) groups is 1. The van der Waals surface area contributed by atoms with Crippen molar-refractivity contribution < 1.29 is 18.7 Å². The van der Waals surface area contributed by atoms with Crippen molar-refractivity contribution in [2.75, 3.05) is 25.6 Å². The Balaban J connectivity index is 1.59. The SMILES string of the molecule is COCCNC(=O)Cn1nc2c(c1NC(=O)c1cc3ccccc3oc1=O)CSC2. The van der Waals surface area contributed by atoms with Gasteiger partial charge in [0.15, 0.2) is 0 Å². The summed E-state index contributed by atoms with van der Waals surface area (Å²) in [5, 5.41) is 10.6. The van der Waals surface area contributed by atoms with Gasteiger partial charge in [0.1, 0.15) is 23.5 Å². The van der Waals surface area contributed by atoms with Crippen molar-refractivity contribution in [3.63, 3.8) is 0 Å². The minimum Gasteiger partial charge on any atom is -0.422 e. The van der Waals surface area contributed by atoms with Crippen molar-refractivity contribution in [3.05, 3.63) is 57.6 Å². The van der Waals surface area contributed by atoms with Crippen LogP contribution in [0, 0.1) is 0 Å². The number of anilines is 1. The fourth-order valence-corrected chi connectivity index (χ4v) is 4.23. The molecule has 1 aliphatic heterocycles. The van der Waals surface area contributed by atoms with E-state index in [1.807, 2.05) is 0 Å². The van der Waals surface area contributed by atoms with Gasteiger partial charge in [0.25, 0.3) is 5.91 Å². The average Bonchev–Trinajstić information content (AvgIpc) is 3.30. The second-order valence-electron chi connectivity index (χ2n) is 6.71. The number of hydrogen-bond donors (Lipinski definition) is 2. The Morgan fingerprint density at radius 3 is 2.97 bits per heavy atom. The molecule has 0 fully saturated rings. The smallest absolute Gasteiger partial charge is 0.349 e. The van der Waals surface area contributed by atoms with Gasteiger partial charge in [-0.25, -0.2) is 9.48 Å². The zero-order chi connectivity index (χ0) is 21.1. The van der Waals surface area contributed by atoms with E-state index >= 15 is 0 Å². The Morgan fingerprint density at radius 1 is 1.30 bits per heavy atom. The van der Waals surface area contributed by atoms with Crippen LogP contribution in [0.1, 0.15) is 21.6 Å². The topological polar surface area (TPSA) is 115 Å². The standard InChI is InChI=1S/C20H20N4O5S/c1-28-7-6-21-17(25)9-24-18(14-10-30-11-15(14)23-24)22-19(26)13-8-12-4-2-3-5-16(12)29-20(13)27/h2-5,8H,6-7,9-11H2,1H3,(H,21,25)(H,22,26). The van der Waals surface area contributed by atoms with E-state index < -0.39 is 11.5 Å². The molecule has 2 aromatic heterocycles. The third-order valence-corrected chi connectivity index (χ3v) is 5.63. The van der Waals surface area contributed by atoms with Crippen LogP contribution >= 0.6 is 11.8 Å². The quantitative estimate of drug-likeness (QED) is 0.435. The molecule has 4 rings (SSSR count). The van der Waals surface area contributed by atoms with E-state index in [-0.39, 0.29) is 18.0 Å². The molecule has 1 aromatic carbocycles. The monoisotopic (exact) mass is 428 g/mol. The number of para-hydroxylation sites is 1. The third kappa shape index (κ3) is 4.10. The maximum atomic E-state index is 12.9. The van der Waals surface area contributed by atoms with Crippen LogP contribution in [0.15, 0.2) is 39.5 Å². The van der Waals surface area contributed by atoms with Crippen molar-refractivity contribution in [1.82, 2.24) is 15.1 Å². The van der Waals surface area contributed by atoms with E-state index in [2.05, 4.69) is 15.7 Å². The number of amides is 2. The Morgan fingerprint density at radius 2 is 2.13 bits per heavy atom. The summed E-state index contributed by atoms with van der Waals surface area (Å²) in [6.07, 6.45) is 0. The minimum atomic E-state index is -0.722. The fourth-order valence-electron chi connectivity index (χ4n) is 3.20. The molecule has 156 valence electrons. The number of methoxy groups -OCH3 is 1. The van der Waals surface area contributed by atoms with Crippen LogP contribution in [0.3, 0.4) is 0 Å². The third-order valence-electron chi connectivity index (χ3n) is 4.66. The number of ether oxygens (including phenoxy) is 1. The van der Waals surface area contributed by atoms with E-state index in [1.54, 1.807) is 43.1 Å². The molecule has 2 N–H and O–H groups in total. The van der Waals surface area contributed by atoms with Crippen molar-refractivity contribution >= 4 is 40.4 Å². The molecule has 0 saturated heterocycles. The van der Waals surface area contributed by atoms with E-state index in [1.165, 1.54) is 10.7 Å². The number of aromatic nitrogens is 2. The van der Waals surface area contributed by atoms with Crippen molar-refractivity contribution in [3.8, 4) is 0 Å². The van der Waals surface area contributed by atoms with Crippen LogP contribution in [0.5, 0.6) is 0 Å². The first-order valence-electron chi connectivity index (χ1n) is 9.33. The van der Waals surface area contributed by atoms with Gasteiger partial charge in [0.05, 0.1) is 12.3 Å². The Bertz CT molecular complexity index is 1170. The van der Waals surface area contributed by atoms with Crippen molar-refractivity contribution in [1.29, 1.82) is 0 Å². The maximum Gasteiger partial charge on any atom is 0.349 e. The number of rotatable bonds is 7. The summed E-state index contributed by atoms with van der Waals surface area (Å²) in [5.74, 6) is 0.947. The predicted molar refractivity (Wildman–Crippen MR) is 113 cm³/mol. The summed E-state index contributed by atoms with van der Waals surface area (Å²) in [4.78, 5) is 37.4. The zero-order valence-corrected chi connectivity index (χ0v) is 17.1. The number of nitrogens with one attached hydrogen (secondary N) is 2. The molecular formula is C20H20N4O5S. The number of carbonyl (C=O) groups excluding carboxylic acids is 2.